The lowest BCUT2D eigenvalue weighted by Crippen LogP contribution is -2.43. The van der Waals surface area contributed by atoms with Crippen LogP contribution in [0.3, 0.4) is 0 Å². The van der Waals surface area contributed by atoms with Crippen molar-refractivity contribution in [2.24, 2.45) is 0 Å². The first kappa shape index (κ1) is 21.0. The molecular formula is C21H24N2O5. The number of amides is 2. The average molecular weight is 384 g/mol. The highest BCUT2D eigenvalue weighted by molar-refractivity contribution is 5.89. The Labute approximate surface area is 164 Å². The summed E-state index contributed by atoms with van der Waals surface area (Å²) in [5.41, 5.74) is 1.42. The van der Waals surface area contributed by atoms with Crippen molar-refractivity contribution >= 4 is 18.0 Å². The molecule has 0 aliphatic rings. The smallest absolute Gasteiger partial charge is 0.408 e. The third-order valence-corrected chi connectivity index (χ3v) is 3.90. The third kappa shape index (κ3) is 6.42. The van der Waals surface area contributed by atoms with E-state index in [0.29, 0.717) is 5.56 Å². The Bertz CT molecular complexity index is 780. The molecule has 2 aromatic carbocycles. The molecule has 2 rings (SSSR count). The first-order valence-electron chi connectivity index (χ1n) is 8.94. The van der Waals surface area contributed by atoms with Gasteiger partial charge in [0.1, 0.15) is 19.2 Å². The molecule has 0 saturated heterocycles. The molecule has 1 atom stereocenters. The fraction of sp³-hybridized carbons (Fsp3) is 0.286. The summed E-state index contributed by atoms with van der Waals surface area (Å²) in [7, 11) is 1.48. The van der Waals surface area contributed by atoms with Crippen LogP contribution < -0.4 is 5.32 Å². The number of carbonyl (C=O) groups is 3. The number of carbonyl (C=O) groups excluding carboxylic acids is 3. The van der Waals surface area contributed by atoms with Gasteiger partial charge in [0.25, 0.3) is 0 Å². The topological polar surface area (TPSA) is 84.9 Å². The van der Waals surface area contributed by atoms with E-state index in [1.165, 1.54) is 11.9 Å². The maximum atomic E-state index is 12.8. The number of likely N-dealkylation sites (N-methyl/N-ethyl adjacent to an activating group) is 1. The predicted octanol–water partition coefficient (Wildman–Crippen LogP) is 2.68. The van der Waals surface area contributed by atoms with E-state index in [4.69, 9.17) is 9.47 Å². The Morgan fingerprint density at radius 2 is 1.57 bits per heavy atom. The van der Waals surface area contributed by atoms with Crippen molar-refractivity contribution in [3.63, 3.8) is 0 Å². The summed E-state index contributed by atoms with van der Waals surface area (Å²) in [5, 5.41) is 2.58. The van der Waals surface area contributed by atoms with Gasteiger partial charge in [-0.2, -0.15) is 0 Å². The second-order valence-corrected chi connectivity index (χ2v) is 6.05. The molecule has 1 N–H and O–H groups in total. The van der Waals surface area contributed by atoms with Crippen molar-refractivity contribution < 1.29 is 23.9 Å². The normalized spacial score (nSPS) is 11.2. The Hall–Kier alpha value is -3.35. The van der Waals surface area contributed by atoms with Gasteiger partial charge in [0.15, 0.2) is 0 Å². The number of alkyl carbamates (subject to hydrolysis) is 1. The first-order chi connectivity index (χ1) is 13.5. The van der Waals surface area contributed by atoms with E-state index >= 15 is 0 Å². The molecule has 0 aromatic heterocycles. The van der Waals surface area contributed by atoms with Crippen molar-refractivity contribution in [2.45, 2.75) is 19.6 Å². The summed E-state index contributed by atoms with van der Waals surface area (Å²) in [4.78, 5) is 38.0. The van der Waals surface area contributed by atoms with E-state index in [1.807, 2.05) is 30.3 Å². The van der Waals surface area contributed by atoms with Crippen LogP contribution in [0, 0.1) is 0 Å². The molecule has 0 bridgehead atoms. The van der Waals surface area contributed by atoms with Crippen molar-refractivity contribution in [2.75, 3.05) is 20.2 Å². The molecule has 0 fully saturated rings. The average Bonchev–Trinajstić information content (AvgIpc) is 2.71. The zero-order valence-electron chi connectivity index (χ0n) is 16.0. The van der Waals surface area contributed by atoms with Crippen molar-refractivity contribution in [1.82, 2.24) is 10.2 Å². The van der Waals surface area contributed by atoms with E-state index < -0.39 is 24.0 Å². The van der Waals surface area contributed by atoms with Crippen LogP contribution >= 0.6 is 0 Å². The molecule has 7 heteroatoms. The number of hydrogen-bond acceptors (Lipinski definition) is 5. The second-order valence-electron chi connectivity index (χ2n) is 6.05. The molecule has 0 saturated carbocycles. The number of rotatable bonds is 8. The Morgan fingerprint density at radius 1 is 0.964 bits per heavy atom. The van der Waals surface area contributed by atoms with Crippen molar-refractivity contribution in [1.29, 1.82) is 0 Å². The SMILES string of the molecule is CCOC(=O)CN(C)C(=O)[C@@H](NC(=O)OCc1ccccc1)c1ccccc1. The van der Waals surface area contributed by atoms with Gasteiger partial charge in [-0.05, 0) is 18.1 Å². The lowest BCUT2D eigenvalue weighted by molar-refractivity contribution is -0.148. The van der Waals surface area contributed by atoms with Crippen LogP contribution in [0.4, 0.5) is 4.79 Å². The first-order valence-corrected chi connectivity index (χ1v) is 8.94. The molecule has 0 aliphatic heterocycles. The van der Waals surface area contributed by atoms with Crippen molar-refractivity contribution in [3.05, 3.63) is 71.8 Å². The summed E-state index contributed by atoms with van der Waals surface area (Å²) in [6, 6.07) is 17.0. The molecule has 7 nitrogen and oxygen atoms in total. The predicted molar refractivity (Wildman–Crippen MR) is 103 cm³/mol. The van der Waals surface area contributed by atoms with Gasteiger partial charge in [-0.1, -0.05) is 60.7 Å². The molecule has 148 valence electrons. The summed E-state index contributed by atoms with van der Waals surface area (Å²) in [6.45, 7) is 1.79. The molecule has 2 amide bonds. The van der Waals surface area contributed by atoms with Gasteiger partial charge in [0.2, 0.25) is 5.91 Å². The zero-order valence-corrected chi connectivity index (χ0v) is 16.0. The number of esters is 1. The largest absolute Gasteiger partial charge is 0.465 e. The maximum absolute atomic E-state index is 12.8. The van der Waals surface area contributed by atoms with Gasteiger partial charge >= 0.3 is 12.1 Å². The summed E-state index contributed by atoms with van der Waals surface area (Å²) in [5.74, 6) is -0.965. The minimum atomic E-state index is -0.983. The van der Waals surface area contributed by atoms with Crippen LogP contribution in [0.25, 0.3) is 0 Å². The Morgan fingerprint density at radius 3 is 2.18 bits per heavy atom. The van der Waals surface area contributed by atoms with Gasteiger partial charge in [0, 0.05) is 7.05 Å². The minimum absolute atomic E-state index is 0.0844. The molecule has 2 aromatic rings. The lowest BCUT2D eigenvalue weighted by Gasteiger charge is -2.24. The Balaban J connectivity index is 2.05. The van der Waals surface area contributed by atoms with Gasteiger partial charge in [-0.25, -0.2) is 4.79 Å². The third-order valence-electron chi connectivity index (χ3n) is 3.90. The standard InChI is InChI=1S/C21H24N2O5/c1-3-27-18(24)14-23(2)20(25)19(17-12-8-5-9-13-17)22-21(26)28-15-16-10-6-4-7-11-16/h4-13,19H,3,14-15H2,1-2H3,(H,22,26)/t19-/m0/s1. The Kier molecular flexibility index (Phi) is 8.02. The quantitative estimate of drug-likeness (QED) is 0.708. The van der Waals surface area contributed by atoms with Crippen LogP contribution in [0.1, 0.15) is 24.1 Å². The van der Waals surface area contributed by atoms with E-state index in [-0.39, 0.29) is 19.8 Å². The van der Waals surface area contributed by atoms with E-state index in [9.17, 15) is 14.4 Å². The van der Waals surface area contributed by atoms with Gasteiger partial charge in [-0.15, -0.1) is 0 Å². The number of nitrogens with zero attached hydrogens (tertiary/aromatic N) is 1. The molecule has 0 aliphatic carbocycles. The number of ether oxygens (including phenoxy) is 2. The highest BCUT2D eigenvalue weighted by atomic mass is 16.5. The maximum Gasteiger partial charge on any atom is 0.408 e. The minimum Gasteiger partial charge on any atom is -0.465 e. The molecule has 28 heavy (non-hydrogen) atoms. The monoisotopic (exact) mass is 384 g/mol. The van der Waals surface area contributed by atoms with Crippen LogP contribution in [0.15, 0.2) is 60.7 Å². The molecule has 0 radical (unpaired) electrons. The van der Waals surface area contributed by atoms with Crippen LogP contribution in [-0.4, -0.2) is 43.1 Å². The molecular weight excluding hydrogens is 360 g/mol. The second kappa shape index (κ2) is 10.7. The van der Waals surface area contributed by atoms with Gasteiger partial charge < -0.3 is 19.7 Å². The molecule has 0 unspecified atom stereocenters. The molecule has 0 heterocycles. The molecule has 0 spiro atoms. The highest BCUT2D eigenvalue weighted by Crippen LogP contribution is 2.16. The van der Waals surface area contributed by atoms with Crippen LogP contribution in [-0.2, 0) is 25.7 Å². The van der Waals surface area contributed by atoms with Crippen molar-refractivity contribution in [3.8, 4) is 0 Å². The number of hydrogen-bond donors (Lipinski definition) is 1. The fourth-order valence-corrected chi connectivity index (χ4v) is 2.51. The zero-order chi connectivity index (χ0) is 20.4. The summed E-state index contributed by atoms with van der Waals surface area (Å²) in [6.07, 6.45) is -0.726. The summed E-state index contributed by atoms with van der Waals surface area (Å²) >= 11 is 0. The van der Waals surface area contributed by atoms with Crippen LogP contribution in [0.2, 0.25) is 0 Å². The van der Waals surface area contributed by atoms with Gasteiger partial charge in [-0.3, -0.25) is 9.59 Å². The number of nitrogens with one attached hydrogen (secondary N) is 1. The highest BCUT2D eigenvalue weighted by Gasteiger charge is 2.27. The van der Waals surface area contributed by atoms with Crippen LogP contribution in [0.5, 0.6) is 0 Å². The lowest BCUT2D eigenvalue weighted by atomic mass is 10.1. The fourth-order valence-electron chi connectivity index (χ4n) is 2.51. The van der Waals surface area contributed by atoms with Gasteiger partial charge in [0.05, 0.1) is 6.61 Å². The van der Waals surface area contributed by atoms with E-state index in [0.717, 1.165) is 5.56 Å². The van der Waals surface area contributed by atoms with E-state index in [2.05, 4.69) is 5.32 Å². The van der Waals surface area contributed by atoms with E-state index in [1.54, 1.807) is 37.3 Å². The summed E-state index contributed by atoms with van der Waals surface area (Å²) < 4.78 is 10.1. The number of benzene rings is 2.